The summed E-state index contributed by atoms with van der Waals surface area (Å²) in [5.74, 6) is -0.487. The van der Waals surface area contributed by atoms with Crippen LogP contribution in [0.25, 0.3) is 0 Å². The smallest absolute Gasteiger partial charge is 0.191 e. The lowest BCUT2D eigenvalue weighted by molar-refractivity contribution is 0.0716. The molecule has 1 fully saturated rings. The molecule has 3 N–H and O–H groups in total. The number of phenols is 1. The highest BCUT2D eigenvalue weighted by Crippen LogP contribution is 2.42. The molecule has 19 heavy (non-hydrogen) atoms. The van der Waals surface area contributed by atoms with Crippen LogP contribution in [-0.4, -0.2) is 31.5 Å². The third-order valence-electron chi connectivity index (χ3n) is 3.43. The van der Waals surface area contributed by atoms with Gasteiger partial charge in [0.2, 0.25) is 0 Å². The van der Waals surface area contributed by atoms with Crippen LogP contribution in [-0.2, 0) is 14.6 Å². The van der Waals surface area contributed by atoms with Crippen molar-refractivity contribution < 1.29 is 18.3 Å². The number of hydrogen-bond donors (Lipinski definition) is 2. The monoisotopic (exact) mass is 305 g/mol. The summed E-state index contributed by atoms with van der Waals surface area (Å²) in [7, 11) is -3.83. The van der Waals surface area contributed by atoms with Gasteiger partial charge in [-0.25, -0.2) is 8.42 Å². The van der Waals surface area contributed by atoms with Crippen molar-refractivity contribution in [1.29, 1.82) is 0 Å². The Balaban J connectivity index is 2.60. The van der Waals surface area contributed by atoms with Crippen LogP contribution in [0, 0.1) is 0 Å². The molecule has 1 aromatic rings. The Labute approximate surface area is 117 Å². The van der Waals surface area contributed by atoms with Gasteiger partial charge in [0.15, 0.2) is 15.6 Å². The zero-order valence-electron chi connectivity index (χ0n) is 10.5. The lowest BCUT2D eigenvalue weighted by Gasteiger charge is -2.33. The molecule has 0 saturated carbocycles. The van der Waals surface area contributed by atoms with E-state index in [1.807, 2.05) is 0 Å². The van der Waals surface area contributed by atoms with Crippen molar-refractivity contribution in [2.45, 2.75) is 29.4 Å². The number of nitrogens with two attached hydrogens (primary N) is 1. The molecule has 0 bridgehead atoms. The first-order valence-electron chi connectivity index (χ1n) is 5.89. The summed E-state index contributed by atoms with van der Waals surface area (Å²) in [5, 5.41) is 9.90. The molecule has 1 aliphatic rings. The highest BCUT2D eigenvalue weighted by molar-refractivity contribution is 7.93. The van der Waals surface area contributed by atoms with Gasteiger partial charge in [-0.15, -0.1) is 0 Å². The van der Waals surface area contributed by atoms with E-state index >= 15 is 0 Å². The maximum atomic E-state index is 12.7. The van der Waals surface area contributed by atoms with Gasteiger partial charge in [-0.2, -0.15) is 0 Å². The van der Waals surface area contributed by atoms with Crippen LogP contribution in [0.4, 0.5) is 5.69 Å². The third kappa shape index (κ3) is 2.28. The van der Waals surface area contributed by atoms with E-state index in [1.54, 1.807) is 6.92 Å². The average molecular weight is 306 g/mol. The first-order valence-corrected chi connectivity index (χ1v) is 7.75. The lowest BCUT2D eigenvalue weighted by atomic mass is 10.0. The van der Waals surface area contributed by atoms with Gasteiger partial charge in [0.1, 0.15) is 4.90 Å². The molecule has 0 aliphatic carbocycles. The number of ether oxygens (including phenoxy) is 1. The predicted molar refractivity (Wildman–Crippen MR) is 73.2 cm³/mol. The maximum absolute atomic E-state index is 12.7. The van der Waals surface area contributed by atoms with Gasteiger partial charge < -0.3 is 15.6 Å². The molecule has 1 heterocycles. The number of rotatable bonds is 2. The van der Waals surface area contributed by atoms with Gasteiger partial charge in [0, 0.05) is 6.61 Å². The standard InChI is InChI=1S/C12H16ClNO4S/c1-12(5-2-6-18-7-12)19(16,17)11-8(13)3-4-9(14)10(11)15/h3-4,15H,2,5-7,14H2,1H3. The number of anilines is 1. The second-order valence-electron chi connectivity index (χ2n) is 4.92. The quantitative estimate of drug-likeness (QED) is 0.644. The molecule has 0 amide bonds. The minimum atomic E-state index is -3.83. The van der Waals surface area contributed by atoms with Crippen LogP contribution < -0.4 is 5.73 Å². The van der Waals surface area contributed by atoms with Crippen molar-refractivity contribution in [2.24, 2.45) is 0 Å². The van der Waals surface area contributed by atoms with E-state index in [0.29, 0.717) is 19.4 Å². The summed E-state index contributed by atoms with van der Waals surface area (Å²) in [4.78, 5) is -0.304. The second-order valence-corrected chi connectivity index (χ2v) is 7.73. The first kappa shape index (κ1) is 14.4. The van der Waals surface area contributed by atoms with E-state index in [1.165, 1.54) is 12.1 Å². The Kier molecular flexibility index (Phi) is 3.68. The van der Waals surface area contributed by atoms with Gasteiger partial charge in [-0.05, 0) is 31.9 Å². The number of halogens is 1. The zero-order chi connectivity index (χ0) is 14.3. The van der Waals surface area contributed by atoms with E-state index in [4.69, 9.17) is 22.1 Å². The zero-order valence-corrected chi connectivity index (χ0v) is 12.1. The Morgan fingerprint density at radius 1 is 1.47 bits per heavy atom. The molecule has 7 heteroatoms. The summed E-state index contributed by atoms with van der Waals surface area (Å²) in [6.07, 6.45) is 1.11. The molecule has 5 nitrogen and oxygen atoms in total. The molecular formula is C12H16ClNO4S. The fourth-order valence-corrected chi connectivity index (χ4v) is 4.48. The molecule has 0 radical (unpaired) electrons. The van der Waals surface area contributed by atoms with Crippen molar-refractivity contribution in [1.82, 2.24) is 0 Å². The normalized spacial score (nSPS) is 24.3. The molecule has 1 saturated heterocycles. The Morgan fingerprint density at radius 3 is 2.74 bits per heavy atom. The molecule has 1 aliphatic heterocycles. The average Bonchev–Trinajstić information content (AvgIpc) is 2.35. The number of phenolic OH excluding ortho intramolecular Hbond substituents is 1. The highest BCUT2D eigenvalue weighted by Gasteiger charge is 2.44. The van der Waals surface area contributed by atoms with Crippen LogP contribution >= 0.6 is 11.6 Å². The van der Waals surface area contributed by atoms with Gasteiger partial charge in [-0.3, -0.25) is 0 Å². The minimum Gasteiger partial charge on any atom is -0.504 e. The van der Waals surface area contributed by atoms with E-state index in [-0.39, 0.29) is 22.2 Å². The highest BCUT2D eigenvalue weighted by atomic mass is 35.5. The fraction of sp³-hybridized carbons (Fsp3) is 0.500. The molecule has 2 rings (SSSR count). The fourth-order valence-electron chi connectivity index (χ4n) is 2.18. The van der Waals surface area contributed by atoms with Gasteiger partial charge >= 0.3 is 0 Å². The molecule has 0 spiro atoms. The summed E-state index contributed by atoms with van der Waals surface area (Å²) in [6, 6.07) is 2.74. The molecule has 1 atom stereocenters. The van der Waals surface area contributed by atoms with E-state index < -0.39 is 20.3 Å². The van der Waals surface area contributed by atoms with Gasteiger partial charge in [-0.1, -0.05) is 11.6 Å². The van der Waals surface area contributed by atoms with Gasteiger partial charge in [0.05, 0.1) is 22.1 Å². The van der Waals surface area contributed by atoms with Crippen LogP contribution in [0.2, 0.25) is 5.02 Å². The number of hydrogen-bond acceptors (Lipinski definition) is 5. The Bertz CT molecular complexity index is 594. The van der Waals surface area contributed by atoms with E-state index in [2.05, 4.69) is 0 Å². The minimum absolute atomic E-state index is 0.0108. The molecule has 1 unspecified atom stereocenters. The Morgan fingerprint density at radius 2 is 2.16 bits per heavy atom. The summed E-state index contributed by atoms with van der Waals surface area (Å²) >= 11 is 5.93. The SMILES string of the molecule is CC1(S(=O)(=O)c2c(Cl)ccc(N)c2O)CCCOC1. The van der Waals surface area contributed by atoms with E-state index in [9.17, 15) is 13.5 Å². The van der Waals surface area contributed by atoms with Crippen molar-refractivity contribution in [3.63, 3.8) is 0 Å². The third-order valence-corrected chi connectivity index (χ3v) is 6.43. The predicted octanol–water partition coefficient (Wildman–Crippen LogP) is 1.97. The topological polar surface area (TPSA) is 89.6 Å². The van der Waals surface area contributed by atoms with Crippen molar-refractivity contribution in [3.8, 4) is 5.75 Å². The van der Waals surface area contributed by atoms with Crippen LogP contribution in [0.1, 0.15) is 19.8 Å². The van der Waals surface area contributed by atoms with Gasteiger partial charge in [0.25, 0.3) is 0 Å². The summed E-state index contributed by atoms with van der Waals surface area (Å²) in [6.45, 7) is 2.22. The van der Waals surface area contributed by atoms with E-state index in [0.717, 1.165) is 0 Å². The first-order chi connectivity index (χ1) is 8.79. The summed E-state index contributed by atoms with van der Waals surface area (Å²) < 4.78 is 29.6. The largest absolute Gasteiger partial charge is 0.504 e. The molecule has 0 aromatic heterocycles. The maximum Gasteiger partial charge on any atom is 0.191 e. The van der Waals surface area contributed by atoms with Crippen molar-refractivity contribution in [2.75, 3.05) is 18.9 Å². The number of aromatic hydroxyl groups is 1. The second kappa shape index (κ2) is 4.85. The number of benzene rings is 1. The molecule has 106 valence electrons. The number of nitrogen functional groups attached to an aromatic ring is 1. The van der Waals surface area contributed by atoms with Crippen molar-refractivity contribution in [3.05, 3.63) is 17.2 Å². The van der Waals surface area contributed by atoms with Crippen LogP contribution in [0.15, 0.2) is 17.0 Å². The van der Waals surface area contributed by atoms with Crippen LogP contribution in [0.3, 0.4) is 0 Å². The molecular weight excluding hydrogens is 290 g/mol. The number of sulfone groups is 1. The van der Waals surface area contributed by atoms with Crippen LogP contribution in [0.5, 0.6) is 5.75 Å². The molecule has 1 aromatic carbocycles. The Hall–Kier alpha value is -0.980. The lowest BCUT2D eigenvalue weighted by Crippen LogP contribution is -2.43. The van der Waals surface area contributed by atoms with Crippen molar-refractivity contribution >= 4 is 27.1 Å². The summed E-state index contributed by atoms with van der Waals surface area (Å²) in [5.41, 5.74) is 5.54.